The van der Waals surface area contributed by atoms with Crippen LogP contribution in [-0.2, 0) is 5.54 Å². The summed E-state index contributed by atoms with van der Waals surface area (Å²) in [7, 11) is 0. The third-order valence-corrected chi connectivity index (χ3v) is 2.93. The molecule has 0 radical (unpaired) electrons. The van der Waals surface area contributed by atoms with Gasteiger partial charge in [-0.05, 0) is 18.2 Å². The summed E-state index contributed by atoms with van der Waals surface area (Å²) in [4.78, 5) is 0. The Morgan fingerprint density at radius 3 is 2.41 bits per heavy atom. The van der Waals surface area contributed by atoms with Gasteiger partial charge in [-0.2, -0.15) is 0 Å². The minimum absolute atomic E-state index is 0.287. The van der Waals surface area contributed by atoms with Gasteiger partial charge in [-0.25, -0.2) is 17.6 Å². The summed E-state index contributed by atoms with van der Waals surface area (Å²) in [5, 5.41) is 8.62. The Morgan fingerprint density at radius 2 is 1.94 bits per heavy atom. The lowest BCUT2D eigenvalue weighted by Gasteiger charge is -2.31. The van der Waals surface area contributed by atoms with Crippen LogP contribution in [0.2, 0.25) is 0 Å². The molecule has 0 aliphatic carbocycles. The van der Waals surface area contributed by atoms with Crippen molar-refractivity contribution in [1.82, 2.24) is 0 Å². The first-order chi connectivity index (χ1) is 7.83. The molecule has 0 aliphatic rings. The number of aliphatic hydroxyl groups is 1. The quantitative estimate of drug-likeness (QED) is 0.838. The molecule has 0 aliphatic heterocycles. The molecule has 7 heteroatoms. The first-order valence-corrected chi connectivity index (χ1v) is 5.40. The molecule has 1 aromatic rings. The highest BCUT2D eigenvalue weighted by Gasteiger charge is 2.47. The van der Waals surface area contributed by atoms with E-state index < -0.39 is 36.1 Å². The zero-order valence-electron chi connectivity index (χ0n) is 8.51. The van der Waals surface area contributed by atoms with Crippen LogP contribution in [0.25, 0.3) is 0 Å². The second-order valence-corrected chi connectivity index (χ2v) is 4.42. The van der Waals surface area contributed by atoms with E-state index in [-0.39, 0.29) is 4.47 Å². The summed E-state index contributed by atoms with van der Waals surface area (Å²) in [6.07, 6.45) is -5.82. The Labute approximate surface area is 104 Å². The zero-order chi connectivity index (χ0) is 13.2. The molecule has 1 rings (SSSR count). The van der Waals surface area contributed by atoms with Gasteiger partial charge in [0.2, 0.25) is 0 Å². The summed E-state index contributed by atoms with van der Waals surface area (Å²) in [5.41, 5.74) is 1.69. The van der Waals surface area contributed by atoms with Crippen molar-refractivity contribution in [3.8, 4) is 0 Å². The van der Waals surface area contributed by atoms with Crippen molar-refractivity contribution in [1.29, 1.82) is 0 Å². The van der Waals surface area contributed by atoms with Crippen LogP contribution in [0.5, 0.6) is 0 Å². The highest BCUT2D eigenvalue weighted by Crippen LogP contribution is 2.34. The Balaban J connectivity index is 3.37. The summed E-state index contributed by atoms with van der Waals surface area (Å²) in [6, 6.07) is 3.15. The molecule has 0 saturated carbocycles. The van der Waals surface area contributed by atoms with Crippen molar-refractivity contribution >= 4 is 15.9 Å². The molecule has 0 fully saturated rings. The fourth-order valence-electron chi connectivity index (χ4n) is 1.40. The van der Waals surface area contributed by atoms with E-state index in [9.17, 15) is 17.6 Å². The minimum Gasteiger partial charge on any atom is -0.393 e. The average molecular weight is 316 g/mol. The molecule has 2 atom stereocenters. The fourth-order valence-corrected chi connectivity index (χ4v) is 1.76. The Kier molecular flexibility index (Phi) is 4.51. The maximum atomic E-state index is 13.4. The van der Waals surface area contributed by atoms with Gasteiger partial charge in [0, 0.05) is 10.0 Å². The number of aliphatic hydroxyl groups excluding tert-OH is 1. The van der Waals surface area contributed by atoms with Gasteiger partial charge in [0.15, 0.2) is 6.17 Å². The molecule has 0 spiro atoms. The van der Waals surface area contributed by atoms with Crippen LogP contribution in [0.1, 0.15) is 5.56 Å². The van der Waals surface area contributed by atoms with E-state index in [0.717, 1.165) is 12.1 Å². The highest BCUT2D eigenvalue weighted by molar-refractivity contribution is 9.10. The van der Waals surface area contributed by atoms with Gasteiger partial charge in [0.25, 0.3) is 6.43 Å². The first kappa shape index (κ1) is 14.4. The van der Waals surface area contributed by atoms with Gasteiger partial charge in [-0.3, -0.25) is 0 Å². The molecule has 0 aromatic heterocycles. The largest absolute Gasteiger partial charge is 0.393 e. The fraction of sp³-hybridized carbons (Fsp3) is 0.400. The van der Waals surface area contributed by atoms with Crippen molar-refractivity contribution in [3.05, 3.63) is 34.1 Å². The number of halogens is 5. The molecule has 0 bridgehead atoms. The van der Waals surface area contributed by atoms with Crippen LogP contribution in [-0.4, -0.2) is 24.3 Å². The number of alkyl halides is 3. The van der Waals surface area contributed by atoms with Gasteiger partial charge in [-0.15, -0.1) is 0 Å². The molecule has 0 amide bonds. The summed E-state index contributed by atoms with van der Waals surface area (Å²) >= 11 is 2.96. The first-order valence-electron chi connectivity index (χ1n) is 4.61. The zero-order valence-corrected chi connectivity index (χ0v) is 10.1. The van der Waals surface area contributed by atoms with Crippen LogP contribution in [0, 0.1) is 5.82 Å². The van der Waals surface area contributed by atoms with Crippen LogP contribution < -0.4 is 5.73 Å². The molecule has 17 heavy (non-hydrogen) atoms. The Hall–Kier alpha value is -0.660. The van der Waals surface area contributed by atoms with Crippen LogP contribution in [0.3, 0.4) is 0 Å². The monoisotopic (exact) mass is 315 g/mol. The smallest absolute Gasteiger partial charge is 0.263 e. The van der Waals surface area contributed by atoms with E-state index in [0.29, 0.717) is 0 Å². The molecule has 2 nitrogen and oxygen atoms in total. The van der Waals surface area contributed by atoms with Crippen molar-refractivity contribution in [2.45, 2.75) is 18.1 Å². The summed E-state index contributed by atoms with van der Waals surface area (Å²) < 4.78 is 52.8. The lowest BCUT2D eigenvalue weighted by molar-refractivity contribution is -0.0201. The van der Waals surface area contributed by atoms with E-state index in [1.54, 1.807) is 0 Å². The predicted molar refractivity (Wildman–Crippen MR) is 58.0 cm³/mol. The summed E-state index contributed by atoms with van der Waals surface area (Å²) in [6.45, 7) is -1.22. The van der Waals surface area contributed by atoms with Gasteiger partial charge >= 0.3 is 0 Å². The van der Waals surface area contributed by atoms with Crippen LogP contribution in [0.4, 0.5) is 17.6 Å². The number of rotatable bonds is 4. The molecule has 0 heterocycles. The second-order valence-electron chi connectivity index (χ2n) is 3.51. The minimum atomic E-state index is -3.35. The third kappa shape index (κ3) is 2.61. The maximum absolute atomic E-state index is 13.4. The average Bonchev–Trinajstić information content (AvgIpc) is 2.29. The van der Waals surface area contributed by atoms with Gasteiger partial charge < -0.3 is 10.8 Å². The highest BCUT2D eigenvalue weighted by atomic mass is 79.9. The number of nitrogens with two attached hydrogens (primary N) is 1. The topological polar surface area (TPSA) is 46.2 Å². The van der Waals surface area contributed by atoms with Crippen LogP contribution >= 0.6 is 15.9 Å². The van der Waals surface area contributed by atoms with Crippen molar-refractivity contribution in [2.24, 2.45) is 5.73 Å². The van der Waals surface area contributed by atoms with Gasteiger partial charge in [0.05, 0.1) is 6.61 Å². The number of hydrogen-bond donors (Lipinski definition) is 2. The standard InChI is InChI=1S/C10H10BrF4NO/c11-5-1-2-7(12)6(3-5)10(16,9(14)15)8(13)4-17/h1-3,8-9,17H,4,16H2/t8-,10-/m1/s1. The normalized spacial score (nSPS) is 16.9. The van der Waals surface area contributed by atoms with Crippen LogP contribution in [0.15, 0.2) is 22.7 Å². The van der Waals surface area contributed by atoms with Gasteiger partial charge in [-0.1, -0.05) is 15.9 Å². The van der Waals surface area contributed by atoms with Crippen molar-refractivity contribution < 1.29 is 22.7 Å². The number of hydrogen-bond acceptors (Lipinski definition) is 2. The van der Waals surface area contributed by atoms with Crippen molar-refractivity contribution in [2.75, 3.05) is 6.61 Å². The molecule has 0 saturated heterocycles. The SMILES string of the molecule is N[C@@](c1cc(Br)ccc1F)(C(F)F)[C@H](F)CO. The van der Waals surface area contributed by atoms with E-state index in [2.05, 4.69) is 15.9 Å². The number of benzene rings is 1. The lowest BCUT2D eigenvalue weighted by atomic mass is 9.86. The molecule has 3 N–H and O–H groups in total. The predicted octanol–water partition coefficient (Wildman–Crippen LogP) is 2.34. The Morgan fingerprint density at radius 1 is 1.35 bits per heavy atom. The molecule has 1 aromatic carbocycles. The summed E-state index contributed by atoms with van der Waals surface area (Å²) in [5.74, 6) is -1.05. The van der Waals surface area contributed by atoms with E-state index >= 15 is 0 Å². The van der Waals surface area contributed by atoms with Gasteiger partial charge in [0.1, 0.15) is 11.4 Å². The van der Waals surface area contributed by atoms with Crippen molar-refractivity contribution in [3.63, 3.8) is 0 Å². The third-order valence-electron chi connectivity index (χ3n) is 2.43. The molecule has 96 valence electrons. The lowest BCUT2D eigenvalue weighted by Crippen LogP contribution is -2.53. The molecule has 0 unspecified atom stereocenters. The van der Waals surface area contributed by atoms with E-state index in [1.807, 2.05) is 0 Å². The maximum Gasteiger partial charge on any atom is 0.263 e. The van der Waals surface area contributed by atoms with E-state index in [1.165, 1.54) is 6.07 Å². The Bertz CT molecular complexity index is 404. The van der Waals surface area contributed by atoms with E-state index in [4.69, 9.17) is 10.8 Å². The molecular weight excluding hydrogens is 306 g/mol. The molecular formula is C10H10BrF4NO. The second kappa shape index (κ2) is 5.32.